The molecule has 0 saturated carbocycles. The molecule has 0 aromatic heterocycles. The van der Waals surface area contributed by atoms with Gasteiger partial charge in [-0.05, 0) is 19.3 Å². The van der Waals surface area contributed by atoms with Crippen molar-refractivity contribution >= 4 is 5.97 Å². The Morgan fingerprint density at radius 1 is 1.25 bits per heavy atom. The van der Waals surface area contributed by atoms with Crippen molar-refractivity contribution in [3.05, 3.63) is 0 Å². The molecule has 0 fully saturated rings. The van der Waals surface area contributed by atoms with Gasteiger partial charge < -0.3 is 4.74 Å². The second-order valence-electron chi connectivity index (χ2n) is 3.69. The Morgan fingerprint density at radius 2 is 1.75 bits per heavy atom. The third-order valence-corrected chi connectivity index (χ3v) is 2.26. The molecule has 0 aliphatic heterocycles. The number of rotatable bonds is 4. The molecular weight excluding hydrogens is 152 g/mol. The highest BCUT2D eigenvalue weighted by atomic mass is 16.5. The van der Waals surface area contributed by atoms with Gasteiger partial charge in [0.05, 0.1) is 12.0 Å². The standard InChI is InChI=1S/C10H20O2/c1-6-8(4)12-10(11)9(5)7(2)3/h7-9H,6H2,1-5H3. The van der Waals surface area contributed by atoms with Crippen LogP contribution in [0.5, 0.6) is 0 Å². The van der Waals surface area contributed by atoms with E-state index in [1.807, 2.05) is 34.6 Å². The number of ether oxygens (including phenoxy) is 1. The van der Waals surface area contributed by atoms with Crippen LogP contribution in [0, 0.1) is 11.8 Å². The third kappa shape index (κ3) is 3.74. The van der Waals surface area contributed by atoms with Crippen LogP contribution in [0.3, 0.4) is 0 Å². The summed E-state index contributed by atoms with van der Waals surface area (Å²) in [5.41, 5.74) is 0. The van der Waals surface area contributed by atoms with Crippen molar-refractivity contribution in [1.29, 1.82) is 0 Å². The lowest BCUT2D eigenvalue weighted by atomic mass is 9.98. The quantitative estimate of drug-likeness (QED) is 0.609. The Balaban J connectivity index is 3.87. The molecule has 12 heavy (non-hydrogen) atoms. The second kappa shape index (κ2) is 5.18. The largest absolute Gasteiger partial charge is 0.462 e. The maximum Gasteiger partial charge on any atom is 0.309 e. The van der Waals surface area contributed by atoms with Crippen molar-refractivity contribution in [3.63, 3.8) is 0 Å². The Labute approximate surface area is 75.3 Å². The zero-order valence-corrected chi connectivity index (χ0v) is 8.76. The van der Waals surface area contributed by atoms with Crippen LogP contribution in [0.25, 0.3) is 0 Å². The first-order valence-corrected chi connectivity index (χ1v) is 4.69. The van der Waals surface area contributed by atoms with Gasteiger partial charge in [0.1, 0.15) is 0 Å². The molecule has 0 aromatic carbocycles. The summed E-state index contributed by atoms with van der Waals surface area (Å²) in [5.74, 6) is 0.305. The maximum atomic E-state index is 11.3. The number of carbonyl (C=O) groups is 1. The predicted molar refractivity (Wildman–Crippen MR) is 49.8 cm³/mol. The van der Waals surface area contributed by atoms with Crippen molar-refractivity contribution in [2.45, 2.75) is 47.1 Å². The Hall–Kier alpha value is -0.530. The monoisotopic (exact) mass is 172 g/mol. The predicted octanol–water partition coefficient (Wildman–Crippen LogP) is 2.62. The number of esters is 1. The van der Waals surface area contributed by atoms with Gasteiger partial charge in [-0.15, -0.1) is 0 Å². The van der Waals surface area contributed by atoms with E-state index in [9.17, 15) is 4.79 Å². The van der Waals surface area contributed by atoms with E-state index in [1.54, 1.807) is 0 Å². The lowest BCUT2D eigenvalue weighted by Crippen LogP contribution is -2.23. The second-order valence-corrected chi connectivity index (χ2v) is 3.69. The Bertz CT molecular complexity index is 141. The van der Waals surface area contributed by atoms with E-state index in [0.29, 0.717) is 5.92 Å². The summed E-state index contributed by atoms with van der Waals surface area (Å²) >= 11 is 0. The van der Waals surface area contributed by atoms with Gasteiger partial charge in [0, 0.05) is 0 Å². The fourth-order valence-electron chi connectivity index (χ4n) is 0.661. The molecular formula is C10H20O2. The SMILES string of the molecule is CCC(C)OC(=O)C(C)C(C)C. The molecule has 0 radical (unpaired) electrons. The van der Waals surface area contributed by atoms with Crippen LogP contribution in [0.1, 0.15) is 41.0 Å². The van der Waals surface area contributed by atoms with E-state index in [2.05, 4.69) is 0 Å². The highest BCUT2D eigenvalue weighted by Crippen LogP contribution is 2.13. The molecule has 72 valence electrons. The molecule has 2 unspecified atom stereocenters. The van der Waals surface area contributed by atoms with Gasteiger partial charge >= 0.3 is 5.97 Å². The zero-order valence-electron chi connectivity index (χ0n) is 8.76. The molecule has 0 N–H and O–H groups in total. The topological polar surface area (TPSA) is 26.3 Å². The summed E-state index contributed by atoms with van der Waals surface area (Å²) in [7, 11) is 0. The molecule has 0 saturated heterocycles. The van der Waals surface area contributed by atoms with Crippen molar-refractivity contribution < 1.29 is 9.53 Å². The smallest absolute Gasteiger partial charge is 0.309 e. The Kier molecular flexibility index (Phi) is 4.95. The highest BCUT2D eigenvalue weighted by molar-refractivity contribution is 5.72. The molecule has 0 spiro atoms. The first-order chi connectivity index (χ1) is 5.49. The fraction of sp³-hybridized carbons (Fsp3) is 0.900. The molecule has 0 bridgehead atoms. The minimum Gasteiger partial charge on any atom is -0.462 e. The summed E-state index contributed by atoms with van der Waals surface area (Å²) in [5, 5.41) is 0. The van der Waals surface area contributed by atoms with Crippen molar-refractivity contribution in [2.24, 2.45) is 11.8 Å². The number of hydrogen-bond donors (Lipinski definition) is 0. The lowest BCUT2D eigenvalue weighted by molar-refractivity contribution is -0.154. The minimum atomic E-state index is -0.0700. The molecule has 0 aliphatic carbocycles. The molecule has 2 nitrogen and oxygen atoms in total. The molecule has 0 heterocycles. The molecule has 2 heteroatoms. The van der Waals surface area contributed by atoms with Gasteiger partial charge in [-0.2, -0.15) is 0 Å². The molecule has 0 rings (SSSR count). The molecule has 0 aliphatic rings. The number of carbonyl (C=O) groups excluding carboxylic acids is 1. The van der Waals surface area contributed by atoms with E-state index in [4.69, 9.17) is 4.74 Å². The zero-order chi connectivity index (χ0) is 9.72. The molecule has 0 amide bonds. The van der Waals surface area contributed by atoms with Crippen molar-refractivity contribution in [1.82, 2.24) is 0 Å². The van der Waals surface area contributed by atoms with Gasteiger partial charge in [0.2, 0.25) is 0 Å². The molecule has 2 atom stereocenters. The first kappa shape index (κ1) is 11.5. The van der Waals surface area contributed by atoms with Crippen LogP contribution in [-0.2, 0) is 9.53 Å². The van der Waals surface area contributed by atoms with Gasteiger partial charge in [-0.3, -0.25) is 4.79 Å². The summed E-state index contributed by atoms with van der Waals surface area (Å²) in [6.45, 7) is 9.91. The molecule has 0 aromatic rings. The Morgan fingerprint density at radius 3 is 2.08 bits per heavy atom. The van der Waals surface area contributed by atoms with Crippen LogP contribution >= 0.6 is 0 Å². The van der Waals surface area contributed by atoms with Crippen LogP contribution in [0.4, 0.5) is 0 Å². The first-order valence-electron chi connectivity index (χ1n) is 4.69. The normalized spacial score (nSPS) is 15.8. The fourth-order valence-corrected chi connectivity index (χ4v) is 0.661. The van der Waals surface area contributed by atoms with Crippen LogP contribution in [-0.4, -0.2) is 12.1 Å². The number of hydrogen-bond acceptors (Lipinski definition) is 2. The van der Waals surface area contributed by atoms with Crippen molar-refractivity contribution in [3.8, 4) is 0 Å². The van der Waals surface area contributed by atoms with E-state index in [1.165, 1.54) is 0 Å². The summed E-state index contributed by atoms with van der Waals surface area (Å²) in [6, 6.07) is 0. The van der Waals surface area contributed by atoms with Crippen LogP contribution < -0.4 is 0 Å². The summed E-state index contributed by atoms with van der Waals surface area (Å²) in [6.07, 6.45) is 0.940. The van der Waals surface area contributed by atoms with Gasteiger partial charge in [-0.1, -0.05) is 27.7 Å². The van der Waals surface area contributed by atoms with E-state index >= 15 is 0 Å². The van der Waals surface area contributed by atoms with E-state index < -0.39 is 0 Å². The van der Waals surface area contributed by atoms with Crippen LogP contribution in [0.2, 0.25) is 0 Å². The van der Waals surface area contributed by atoms with E-state index in [-0.39, 0.29) is 18.0 Å². The van der Waals surface area contributed by atoms with Gasteiger partial charge in [0.15, 0.2) is 0 Å². The third-order valence-electron chi connectivity index (χ3n) is 2.26. The van der Waals surface area contributed by atoms with Crippen molar-refractivity contribution in [2.75, 3.05) is 0 Å². The minimum absolute atomic E-state index is 0.0130. The van der Waals surface area contributed by atoms with Gasteiger partial charge in [-0.25, -0.2) is 0 Å². The van der Waals surface area contributed by atoms with Crippen LogP contribution in [0.15, 0.2) is 0 Å². The summed E-state index contributed by atoms with van der Waals surface area (Å²) < 4.78 is 5.18. The maximum absolute atomic E-state index is 11.3. The summed E-state index contributed by atoms with van der Waals surface area (Å²) in [4.78, 5) is 11.3. The van der Waals surface area contributed by atoms with E-state index in [0.717, 1.165) is 6.42 Å². The average Bonchev–Trinajstić information content (AvgIpc) is 2.02. The highest BCUT2D eigenvalue weighted by Gasteiger charge is 2.19. The average molecular weight is 172 g/mol. The lowest BCUT2D eigenvalue weighted by Gasteiger charge is -2.17. The van der Waals surface area contributed by atoms with Gasteiger partial charge in [0.25, 0.3) is 0 Å².